The number of amides is 3. The van der Waals surface area contributed by atoms with Gasteiger partial charge in [0.05, 0.1) is 18.8 Å². The molecule has 0 saturated carbocycles. The van der Waals surface area contributed by atoms with Gasteiger partial charge in [0.15, 0.2) is 0 Å². The molecule has 0 radical (unpaired) electrons. The zero-order valence-electron chi connectivity index (χ0n) is 22.5. The van der Waals surface area contributed by atoms with E-state index in [2.05, 4.69) is 15.0 Å². The van der Waals surface area contributed by atoms with E-state index in [1.807, 2.05) is 24.3 Å². The van der Waals surface area contributed by atoms with Crippen molar-refractivity contribution in [3.05, 3.63) is 53.8 Å². The van der Waals surface area contributed by atoms with Gasteiger partial charge in [0.1, 0.15) is 17.5 Å². The first-order valence-electron chi connectivity index (χ1n) is 12.7. The van der Waals surface area contributed by atoms with Crippen molar-refractivity contribution in [1.82, 2.24) is 10.2 Å². The normalized spacial score (nSPS) is 17.4. The molecule has 2 aromatic carbocycles. The molecule has 3 amide bonds. The van der Waals surface area contributed by atoms with Crippen molar-refractivity contribution in [2.45, 2.75) is 58.8 Å². The molecule has 2 fully saturated rings. The molecule has 0 bridgehead atoms. The third-order valence-corrected chi connectivity index (χ3v) is 5.99. The largest absolute Gasteiger partial charge is 0.444 e. The maximum atomic E-state index is 14.9. The molecular formula is C28H37FN4O5. The van der Waals surface area contributed by atoms with Gasteiger partial charge in [-0.3, -0.25) is 14.6 Å². The first kappa shape index (κ1) is 28.9. The van der Waals surface area contributed by atoms with Gasteiger partial charge in [0.25, 0.3) is 0 Å². The Morgan fingerprint density at radius 2 is 1.79 bits per heavy atom. The van der Waals surface area contributed by atoms with Crippen LogP contribution in [0.1, 0.15) is 46.1 Å². The Morgan fingerprint density at radius 3 is 2.32 bits per heavy atom. The molecule has 2 aliphatic heterocycles. The number of nitrogens with one attached hydrogen (secondary N) is 1. The Morgan fingerprint density at radius 1 is 1.13 bits per heavy atom. The molecule has 0 aromatic heterocycles. The number of halogens is 1. The molecule has 3 N–H and O–H groups in total. The molecule has 38 heavy (non-hydrogen) atoms. The van der Waals surface area contributed by atoms with Crippen molar-refractivity contribution in [2.24, 2.45) is 5.73 Å². The number of cyclic esters (lactones) is 1. The number of carbonyl (C=O) groups is 3. The number of hydrogen-bond donors (Lipinski definition) is 2. The van der Waals surface area contributed by atoms with Crippen LogP contribution in [0.15, 0.2) is 42.5 Å². The van der Waals surface area contributed by atoms with Gasteiger partial charge in [-0.15, -0.1) is 0 Å². The second-order valence-electron chi connectivity index (χ2n) is 10.4. The van der Waals surface area contributed by atoms with Crippen LogP contribution in [0.5, 0.6) is 0 Å². The lowest BCUT2D eigenvalue weighted by Crippen LogP contribution is -2.33. The van der Waals surface area contributed by atoms with Crippen molar-refractivity contribution in [3.63, 3.8) is 0 Å². The van der Waals surface area contributed by atoms with Crippen LogP contribution in [0.25, 0.3) is 11.1 Å². The van der Waals surface area contributed by atoms with Gasteiger partial charge < -0.3 is 20.5 Å². The van der Waals surface area contributed by atoms with Crippen LogP contribution in [-0.2, 0) is 20.8 Å². The topological polar surface area (TPSA) is 114 Å². The molecule has 206 valence electrons. The van der Waals surface area contributed by atoms with E-state index in [0.717, 1.165) is 25.2 Å². The van der Waals surface area contributed by atoms with Crippen LogP contribution in [0.3, 0.4) is 0 Å². The minimum Gasteiger partial charge on any atom is -0.444 e. The Labute approximate surface area is 223 Å². The highest BCUT2D eigenvalue weighted by Crippen LogP contribution is 2.29. The zero-order valence-corrected chi connectivity index (χ0v) is 22.5. The number of nitrogens with two attached hydrogens (primary N) is 1. The fourth-order valence-corrected chi connectivity index (χ4v) is 4.29. The summed E-state index contributed by atoms with van der Waals surface area (Å²) in [7, 11) is 0. The molecule has 1 atom stereocenters. The van der Waals surface area contributed by atoms with E-state index in [9.17, 15) is 18.8 Å². The van der Waals surface area contributed by atoms with Gasteiger partial charge in [-0.2, -0.15) is 0 Å². The number of anilines is 1. The van der Waals surface area contributed by atoms with Crippen LogP contribution in [0.4, 0.5) is 19.7 Å². The summed E-state index contributed by atoms with van der Waals surface area (Å²) in [6.07, 6.45) is 0.802. The lowest BCUT2D eigenvalue weighted by molar-refractivity contribution is -0.119. The highest BCUT2D eigenvalue weighted by molar-refractivity contribution is 5.90. The maximum Gasteiger partial charge on any atom is 0.414 e. The summed E-state index contributed by atoms with van der Waals surface area (Å²) < 4.78 is 24.7. The van der Waals surface area contributed by atoms with Crippen molar-refractivity contribution in [1.29, 1.82) is 0 Å². The van der Waals surface area contributed by atoms with Gasteiger partial charge >= 0.3 is 12.2 Å². The minimum absolute atomic E-state index is 0.189. The lowest BCUT2D eigenvalue weighted by Gasteiger charge is -2.16. The van der Waals surface area contributed by atoms with Gasteiger partial charge in [0, 0.05) is 19.0 Å². The molecule has 2 heterocycles. The summed E-state index contributed by atoms with van der Waals surface area (Å²) in [5.41, 5.74) is 7.23. The third kappa shape index (κ3) is 8.72. The molecule has 0 spiro atoms. The SMILES string of the molecule is CC(=O)NCC1CN(c2ccc(-c3ccc(CN4CCCC4)cc3)c(F)c2)C(=O)O1.CC(C)(C)OC(N)=O. The van der Waals surface area contributed by atoms with Crippen LogP contribution in [0.2, 0.25) is 0 Å². The average molecular weight is 529 g/mol. The van der Waals surface area contributed by atoms with E-state index >= 15 is 0 Å². The highest BCUT2D eigenvalue weighted by Gasteiger charge is 2.32. The predicted molar refractivity (Wildman–Crippen MR) is 143 cm³/mol. The second kappa shape index (κ2) is 12.7. The standard InChI is InChI=1S/C23H26FN3O3.C5H11NO2/c1-16(28)25-13-20-15-27(23(29)30-20)19-8-9-21(22(24)12-19)18-6-4-17(5-7-18)14-26-10-2-3-11-26;1-5(2,3)8-4(6)7/h4-9,12,20H,2-3,10-11,13-15H2,1H3,(H,25,28);1-3H3,(H2,6,7). The number of ether oxygens (including phenoxy) is 2. The third-order valence-electron chi connectivity index (χ3n) is 5.99. The summed E-state index contributed by atoms with van der Waals surface area (Å²) in [4.78, 5) is 37.0. The molecule has 2 saturated heterocycles. The summed E-state index contributed by atoms with van der Waals surface area (Å²) in [6, 6.07) is 12.7. The molecule has 2 aliphatic rings. The Hall–Kier alpha value is -3.66. The van der Waals surface area contributed by atoms with Gasteiger partial charge in [-0.05, 0) is 76.0 Å². The number of likely N-dealkylation sites (tertiary alicyclic amines) is 1. The fraction of sp³-hybridized carbons (Fsp3) is 0.464. The van der Waals surface area contributed by atoms with E-state index < -0.39 is 29.7 Å². The summed E-state index contributed by atoms with van der Waals surface area (Å²) in [5, 5.41) is 2.63. The van der Waals surface area contributed by atoms with E-state index in [-0.39, 0.29) is 19.0 Å². The van der Waals surface area contributed by atoms with Crippen molar-refractivity contribution in [3.8, 4) is 11.1 Å². The maximum absolute atomic E-state index is 14.9. The zero-order chi connectivity index (χ0) is 27.9. The molecular weight excluding hydrogens is 491 g/mol. The minimum atomic E-state index is -0.725. The van der Waals surface area contributed by atoms with Crippen molar-refractivity contribution >= 4 is 23.8 Å². The first-order valence-corrected chi connectivity index (χ1v) is 12.7. The number of nitrogens with zero attached hydrogens (tertiary/aromatic N) is 2. The van der Waals surface area contributed by atoms with Gasteiger partial charge in [-0.25, -0.2) is 14.0 Å². The summed E-state index contributed by atoms with van der Waals surface area (Å²) in [5.74, 6) is -0.579. The fourth-order valence-electron chi connectivity index (χ4n) is 4.29. The molecule has 10 heteroatoms. The molecule has 4 rings (SSSR count). The van der Waals surface area contributed by atoms with Crippen LogP contribution in [-0.4, -0.2) is 60.9 Å². The number of benzene rings is 2. The average Bonchev–Trinajstić information content (AvgIpc) is 3.46. The Kier molecular flexibility index (Phi) is 9.68. The molecule has 0 aliphatic carbocycles. The Balaban J connectivity index is 0.000000436. The first-order chi connectivity index (χ1) is 17.9. The van der Waals surface area contributed by atoms with Crippen LogP contribution in [0, 0.1) is 5.82 Å². The monoisotopic (exact) mass is 528 g/mol. The van der Waals surface area contributed by atoms with E-state index in [1.54, 1.807) is 32.9 Å². The number of rotatable bonds is 6. The van der Waals surface area contributed by atoms with E-state index in [4.69, 9.17) is 10.5 Å². The van der Waals surface area contributed by atoms with Crippen LogP contribution < -0.4 is 16.0 Å². The number of hydrogen-bond acceptors (Lipinski definition) is 6. The Bertz CT molecular complexity index is 1130. The summed E-state index contributed by atoms with van der Waals surface area (Å²) in [6.45, 7) is 10.4. The van der Waals surface area contributed by atoms with E-state index in [0.29, 0.717) is 11.3 Å². The van der Waals surface area contributed by atoms with Crippen LogP contribution >= 0.6 is 0 Å². The van der Waals surface area contributed by atoms with Crippen molar-refractivity contribution < 1.29 is 28.2 Å². The lowest BCUT2D eigenvalue weighted by atomic mass is 10.0. The van der Waals surface area contributed by atoms with Gasteiger partial charge in [0.2, 0.25) is 5.91 Å². The molecule has 1 unspecified atom stereocenters. The smallest absolute Gasteiger partial charge is 0.414 e. The van der Waals surface area contributed by atoms with Crippen molar-refractivity contribution in [2.75, 3.05) is 31.1 Å². The second-order valence-corrected chi connectivity index (χ2v) is 10.4. The van der Waals surface area contributed by atoms with E-state index in [1.165, 1.54) is 36.3 Å². The molecule has 9 nitrogen and oxygen atoms in total. The molecule has 2 aromatic rings. The quantitative estimate of drug-likeness (QED) is 0.573. The highest BCUT2D eigenvalue weighted by atomic mass is 19.1. The predicted octanol–water partition coefficient (Wildman–Crippen LogP) is 4.43. The van der Waals surface area contributed by atoms with Gasteiger partial charge in [-0.1, -0.05) is 24.3 Å². The number of carbonyl (C=O) groups excluding carboxylic acids is 3. The summed E-state index contributed by atoms with van der Waals surface area (Å²) >= 11 is 0. The number of primary amides is 1.